The number of carbonyl (C=O) groups is 1. The number of benzene rings is 1. The molecule has 1 N–H and O–H groups in total. The number of likely N-dealkylation sites (N-methyl/N-ethyl adjacent to an activating group) is 1. The van der Waals surface area contributed by atoms with E-state index in [1.165, 1.54) is 32.1 Å². The second kappa shape index (κ2) is 12.4. The number of amides is 1. The molecule has 1 aliphatic carbocycles. The van der Waals surface area contributed by atoms with E-state index in [1.54, 1.807) is 14.2 Å². The van der Waals surface area contributed by atoms with Crippen LogP contribution in [0.3, 0.4) is 0 Å². The number of piperidine rings is 1. The normalized spacial score (nSPS) is 19.6. The molecule has 2 aromatic rings. The third kappa shape index (κ3) is 6.73. The second-order valence-electron chi connectivity index (χ2n) is 9.72. The Kier molecular flexibility index (Phi) is 8.98. The van der Waals surface area contributed by atoms with Crippen molar-refractivity contribution in [3.8, 4) is 22.9 Å². The summed E-state index contributed by atoms with van der Waals surface area (Å²) >= 11 is 0. The lowest BCUT2D eigenvalue weighted by atomic mass is 9.94. The van der Waals surface area contributed by atoms with Crippen molar-refractivity contribution < 1.29 is 18.8 Å². The van der Waals surface area contributed by atoms with Crippen molar-refractivity contribution in [2.24, 2.45) is 5.92 Å². The smallest absolute Gasteiger partial charge is 0.241 e. The molecule has 1 aromatic carbocycles. The maximum Gasteiger partial charge on any atom is 0.241 e. The van der Waals surface area contributed by atoms with Crippen LogP contribution in [0, 0.1) is 5.92 Å². The minimum Gasteiger partial charge on any atom is -0.493 e. The molecule has 1 aromatic heterocycles. The van der Waals surface area contributed by atoms with Gasteiger partial charge in [-0.15, -0.1) is 0 Å². The molecular weight excluding hydrogens is 446 g/mol. The number of ether oxygens (including phenoxy) is 2. The van der Waals surface area contributed by atoms with Gasteiger partial charge in [-0.05, 0) is 57.5 Å². The lowest BCUT2D eigenvalue weighted by Crippen LogP contribution is -2.45. The van der Waals surface area contributed by atoms with Gasteiger partial charge in [0.15, 0.2) is 11.5 Å². The molecule has 1 amide bonds. The van der Waals surface area contributed by atoms with Crippen LogP contribution in [-0.4, -0.2) is 79.3 Å². The summed E-state index contributed by atoms with van der Waals surface area (Å²) in [6.45, 7) is 3.78. The molecule has 1 unspecified atom stereocenters. The molecule has 1 saturated carbocycles. The zero-order valence-corrected chi connectivity index (χ0v) is 21.3. The third-order valence-electron chi connectivity index (χ3n) is 7.31. The van der Waals surface area contributed by atoms with Gasteiger partial charge in [0.1, 0.15) is 0 Å². The van der Waals surface area contributed by atoms with Crippen LogP contribution in [0.4, 0.5) is 0 Å². The first-order valence-corrected chi connectivity index (χ1v) is 12.8. The molecule has 192 valence electrons. The maximum atomic E-state index is 12.8. The van der Waals surface area contributed by atoms with Gasteiger partial charge in [0.05, 0.1) is 26.7 Å². The van der Waals surface area contributed by atoms with Gasteiger partial charge in [-0.2, -0.15) is 4.98 Å². The maximum absolute atomic E-state index is 12.8. The Balaban J connectivity index is 1.26. The number of carbonyl (C=O) groups excluding carboxylic acids is 1. The molecule has 1 saturated heterocycles. The van der Waals surface area contributed by atoms with Crippen molar-refractivity contribution >= 4 is 5.91 Å². The van der Waals surface area contributed by atoms with Crippen LogP contribution < -0.4 is 14.8 Å². The fourth-order valence-electron chi connectivity index (χ4n) is 5.22. The Morgan fingerprint density at radius 3 is 2.71 bits per heavy atom. The van der Waals surface area contributed by atoms with Gasteiger partial charge < -0.3 is 24.2 Å². The van der Waals surface area contributed by atoms with Crippen LogP contribution in [0.25, 0.3) is 11.4 Å². The van der Waals surface area contributed by atoms with Crippen LogP contribution in [0.5, 0.6) is 11.5 Å². The number of hydrogen-bond acceptors (Lipinski definition) is 8. The molecular formula is C26H39N5O4. The number of rotatable bonds is 10. The minimum atomic E-state index is -0.00280. The number of aromatic nitrogens is 2. The monoisotopic (exact) mass is 485 g/mol. The standard InChI is InChI=1S/C26H39N5O4/c1-30(21-9-5-4-6-10-21)15-13-27-26(32)20-8-7-14-31(17-20)18-24-28-25(29-35-24)19-11-12-22(33-2)23(16-19)34-3/h11-12,16,20-21H,4-10,13-15,17-18H2,1-3H3,(H,27,32). The van der Waals surface area contributed by atoms with Crippen LogP contribution >= 0.6 is 0 Å². The third-order valence-corrected chi connectivity index (χ3v) is 7.31. The molecule has 0 radical (unpaired) electrons. The predicted octanol–water partition coefficient (Wildman–Crippen LogP) is 3.35. The molecule has 2 aliphatic rings. The lowest BCUT2D eigenvalue weighted by Gasteiger charge is -2.32. The Morgan fingerprint density at radius 2 is 1.94 bits per heavy atom. The van der Waals surface area contributed by atoms with E-state index in [1.807, 2.05) is 18.2 Å². The van der Waals surface area contributed by atoms with Gasteiger partial charge in [0, 0.05) is 31.2 Å². The van der Waals surface area contributed by atoms with E-state index in [2.05, 4.69) is 32.3 Å². The Labute approximate surface area is 208 Å². The molecule has 9 nitrogen and oxygen atoms in total. The van der Waals surface area contributed by atoms with Crippen LogP contribution in [0.2, 0.25) is 0 Å². The van der Waals surface area contributed by atoms with Gasteiger partial charge in [-0.3, -0.25) is 9.69 Å². The minimum absolute atomic E-state index is 0.00280. The second-order valence-corrected chi connectivity index (χ2v) is 9.72. The highest BCUT2D eigenvalue weighted by Gasteiger charge is 2.27. The van der Waals surface area contributed by atoms with Gasteiger partial charge in [0.2, 0.25) is 17.6 Å². The van der Waals surface area contributed by atoms with Crippen LogP contribution in [0.15, 0.2) is 22.7 Å². The number of nitrogens with zero attached hydrogens (tertiary/aromatic N) is 4. The summed E-state index contributed by atoms with van der Waals surface area (Å²) in [5.74, 6) is 2.48. The summed E-state index contributed by atoms with van der Waals surface area (Å²) < 4.78 is 16.2. The number of hydrogen-bond donors (Lipinski definition) is 1. The highest BCUT2D eigenvalue weighted by Crippen LogP contribution is 2.31. The van der Waals surface area contributed by atoms with Crippen molar-refractivity contribution in [3.05, 3.63) is 24.1 Å². The molecule has 1 atom stereocenters. The van der Waals surface area contributed by atoms with Crippen LogP contribution in [0.1, 0.15) is 50.8 Å². The zero-order chi connectivity index (χ0) is 24.6. The summed E-state index contributed by atoms with van der Waals surface area (Å²) in [7, 11) is 5.39. The van der Waals surface area contributed by atoms with E-state index < -0.39 is 0 Å². The first-order chi connectivity index (χ1) is 17.1. The molecule has 4 rings (SSSR count). The van der Waals surface area contributed by atoms with Crippen molar-refractivity contribution in [1.82, 2.24) is 25.3 Å². The Morgan fingerprint density at radius 1 is 1.14 bits per heavy atom. The average Bonchev–Trinajstić information content (AvgIpc) is 3.37. The van der Waals surface area contributed by atoms with E-state index in [9.17, 15) is 4.79 Å². The Bertz CT molecular complexity index is 959. The fraction of sp³-hybridized carbons (Fsp3) is 0.654. The summed E-state index contributed by atoms with van der Waals surface area (Å²) in [5, 5.41) is 7.31. The number of methoxy groups -OCH3 is 2. The zero-order valence-electron chi connectivity index (χ0n) is 21.3. The highest BCUT2D eigenvalue weighted by molar-refractivity contribution is 5.78. The number of likely N-dealkylation sites (tertiary alicyclic amines) is 1. The molecule has 2 heterocycles. The lowest BCUT2D eigenvalue weighted by molar-refractivity contribution is -0.126. The van der Waals surface area contributed by atoms with Crippen molar-refractivity contribution in [3.63, 3.8) is 0 Å². The summed E-state index contributed by atoms with van der Waals surface area (Å²) in [4.78, 5) is 22.0. The van der Waals surface area contributed by atoms with E-state index in [0.717, 1.165) is 31.5 Å². The van der Waals surface area contributed by atoms with Gasteiger partial charge in [-0.25, -0.2) is 0 Å². The molecule has 9 heteroatoms. The first-order valence-electron chi connectivity index (χ1n) is 12.8. The van der Waals surface area contributed by atoms with E-state index >= 15 is 0 Å². The van der Waals surface area contributed by atoms with E-state index in [4.69, 9.17) is 14.0 Å². The average molecular weight is 486 g/mol. The van der Waals surface area contributed by atoms with E-state index in [-0.39, 0.29) is 11.8 Å². The quantitative estimate of drug-likeness (QED) is 0.548. The highest BCUT2D eigenvalue weighted by atomic mass is 16.5. The van der Waals surface area contributed by atoms with Gasteiger partial charge in [-0.1, -0.05) is 24.4 Å². The summed E-state index contributed by atoms with van der Waals surface area (Å²) in [5.41, 5.74) is 0.798. The molecule has 2 fully saturated rings. The van der Waals surface area contributed by atoms with Crippen molar-refractivity contribution in [2.75, 3.05) is 47.4 Å². The molecule has 35 heavy (non-hydrogen) atoms. The molecule has 0 bridgehead atoms. The Hall–Kier alpha value is -2.65. The summed E-state index contributed by atoms with van der Waals surface area (Å²) in [6.07, 6.45) is 8.49. The van der Waals surface area contributed by atoms with Crippen molar-refractivity contribution in [1.29, 1.82) is 0 Å². The molecule has 0 spiro atoms. The number of nitrogens with one attached hydrogen (secondary N) is 1. The topological polar surface area (TPSA) is 93.0 Å². The fourth-order valence-corrected chi connectivity index (χ4v) is 5.22. The molecule has 1 aliphatic heterocycles. The van der Waals surface area contributed by atoms with E-state index in [0.29, 0.717) is 48.9 Å². The largest absolute Gasteiger partial charge is 0.493 e. The predicted molar refractivity (Wildman–Crippen MR) is 133 cm³/mol. The van der Waals surface area contributed by atoms with Crippen LogP contribution in [-0.2, 0) is 11.3 Å². The van der Waals surface area contributed by atoms with Gasteiger partial charge in [0.25, 0.3) is 0 Å². The SMILES string of the molecule is COc1ccc(-c2noc(CN3CCCC(C(=O)NCCN(C)C4CCCCC4)C3)n2)cc1OC. The first kappa shape index (κ1) is 25.4. The van der Waals surface area contributed by atoms with Crippen molar-refractivity contribution in [2.45, 2.75) is 57.5 Å². The van der Waals surface area contributed by atoms with Gasteiger partial charge >= 0.3 is 0 Å². The summed E-state index contributed by atoms with van der Waals surface area (Å²) in [6, 6.07) is 6.21.